The van der Waals surface area contributed by atoms with Crippen LogP contribution in [-0.2, 0) is 6.54 Å². The van der Waals surface area contributed by atoms with Crippen LogP contribution in [0.25, 0.3) is 17.8 Å². The average molecular weight is 377 g/mol. The van der Waals surface area contributed by atoms with Gasteiger partial charge in [-0.25, -0.2) is 0 Å². The summed E-state index contributed by atoms with van der Waals surface area (Å²) >= 11 is 0. The third kappa shape index (κ3) is 3.42. The molecule has 1 N–H and O–H groups in total. The quantitative estimate of drug-likeness (QED) is 0.604. The van der Waals surface area contributed by atoms with Crippen molar-refractivity contribution >= 4 is 17.8 Å². The molecule has 28 heavy (non-hydrogen) atoms. The summed E-state index contributed by atoms with van der Waals surface area (Å²) < 4.78 is 2.42. The van der Waals surface area contributed by atoms with Gasteiger partial charge in [-0.3, -0.25) is 0 Å². The molecule has 1 aromatic rings. The van der Waals surface area contributed by atoms with Crippen molar-refractivity contribution in [2.45, 2.75) is 53.6 Å². The predicted octanol–water partition coefficient (Wildman–Crippen LogP) is 6.54. The third-order valence-corrected chi connectivity index (χ3v) is 5.49. The number of hydrogen-bond acceptors (Lipinski definition) is 2. The van der Waals surface area contributed by atoms with Crippen LogP contribution < -0.4 is 0 Å². The predicted molar refractivity (Wildman–Crippen MR) is 121 cm³/mol. The van der Waals surface area contributed by atoms with Crippen LogP contribution in [-0.4, -0.2) is 20.6 Å². The van der Waals surface area contributed by atoms with E-state index in [-0.39, 0.29) is 17.2 Å². The Labute approximate surface area is 169 Å². The lowest BCUT2D eigenvalue weighted by Gasteiger charge is -2.46. The molecule has 1 aromatic heterocycles. The number of aliphatic hydroxyl groups excluding tert-OH is 1. The summed E-state index contributed by atoms with van der Waals surface area (Å²) in [6, 6.07) is 2.51. The number of rotatable bonds is 4. The maximum Gasteiger partial charge on any atom is 0.117 e. The molecule has 0 saturated heterocycles. The van der Waals surface area contributed by atoms with Gasteiger partial charge in [-0.2, -0.15) is 0 Å². The van der Waals surface area contributed by atoms with Crippen LogP contribution in [0.1, 0.15) is 58.0 Å². The van der Waals surface area contributed by atoms with Gasteiger partial charge in [0.1, 0.15) is 5.76 Å². The van der Waals surface area contributed by atoms with Crippen LogP contribution in [0.4, 0.5) is 0 Å². The van der Waals surface area contributed by atoms with E-state index in [1.807, 2.05) is 6.20 Å². The molecule has 0 saturated carbocycles. The number of nitrogens with zero attached hydrogens (tertiary/aromatic N) is 2. The Morgan fingerprint density at radius 3 is 2.61 bits per heavy atom. The standard InChI is InChI=1S/C25H32N2O/c1-8-10-12-19-14-23-22-13-17(3)20(18(4)28)15-27(22)24(25(5,6)7)16-26(23)21(19)11-9-2/h9-15,24,28H,3-4,8,16H2,1-2,5-7H3/b11-9-,12-10+. The number of aliphatic hydroxyl groups is 1. The minimum absolute atomic E-state index is 0.0464. The topological polar surface area (TPSA) is 28.4 Å². The molecule has 3 nitrogen and oxygen atoms in total. The fraction of sp³-hybridized carbons (Fsp3) is 0.360. The van der Waals surface area contributed by atoms with Crippen LogP contribution >= 0.6 is 0 Å². The molecule has 3 rings (SSSR count). The van der Waals surface area contributed by atoms with Gasteiger partial charge in [-0.15, -0.1) is 0 Å². The second-order valence-corrected chi connectivity index (χ2v) is 8.62. The molecule has 148 valence electrons. The molecule has 1 atom stereocenters. The van der Waals surface area contributed by atoms with Crippen molar-refractivity contribution in [2.75, 3.05) is 0 Å². The Bertz CT molecular complexity index is 928. The fourth-order valence-electron chi connectivity index (χ4n) is 4.00. The first kappa shape index (κ1) is 20.1. The van der Waals surface area contributed by atoms with Crippen LogP contribution in [0.2, 0.25) is 0 Å². The minimum Gasteiger partial charge on any atom is -0.508 e. The summed E-state index contributed by atoms with van der Waals surface area (Å²) in [6.45, 7) is 19.8. The van der Waals surface area contributed by atoms with E-state index >= 15 is 0 Å². The average Bonchev–Trinajstić information content (AvgIpc) is 2.96. The summed E-state index contributed by atoms with van der Waals surface area (Å²) in [5.74, 6) is 0.0649. The van der Waals surface area contributed by atoms with Gasteiger partial charge in [-0.1, -0.05) is 59.1 Å². The van der Waals surface area contributed by atoms with Crippen LogP contribution in [0.3, 0.4) is 0 Å². The highest BCUT2D eigenvalue weighted by atomic mass is 16.3. The van der Waals surface area contributed by atoms with Crippen LogP contribution in [0.5, 0.6) is 0 Å². The van der Waals surface area contributed by atoms with E-state index in [0.717, 1.165) is 24.2 Å². The zero-order valence-corrected chi connectivity index (χ0v) is 17.8. The Hall–Kier alpha value is -2.68. The molecule has 0 radical (unpaired) electrons. The maximum atomic E-state index is 10.0. The number of aromatic nitrogens is 1. The molecule has 0 aromatic carbocycles. The van der Waals surface area contributed by atoms with Gasteiger partial charge >= 0.3 is 0 Å². The van der Waals surface area contributed by atoms with E-state index in [4.69, 9.17) is 0 Å². The van der Waals surface area contributed by atoms with Crippen molar-refractivity contribution in [1.82, 2.24) is 9.47 Å². The Morgan fingerprint density at radius 1 is 1.32 bits per heavy atom. The van der Waals surface area contributed by atoms with E-state index < -0.39 is 0 Å². The van der Waals surface area contributed by atoms with Crippen molar-refractivity contribution in [2.24, 2.45) is 5.41 Å². The van der Waals surface area contributed by atoms with E-state index in [2.05, 4.69) is 93.7 Å². The van der Waals surface area contributed by atoms with Crippen molar-refractivity contribution in [3.05, 3.63) is 77.5 Å². The van der Waals surface area contributed by atoms with E-state index in [0.29, 0.717) is 5.57 Å². The molecular formula is C25H32N2O. The van der Waals surface area contributed by atoms with E-state index in [9.17, 15) is 5.11 Å². The molecular weight excluding hydrogens is 344 g/mol. The fourth-order valence-corrected chi connectivity index (χ4v) is 4.00. The summed E-state index contributed by atoms with van der Waals surface area (Å²) in [5.41, 5.74) is 6.33. The molecule has 0 amide bonds. The molecule has 0 bridgehead atoms. The summed E-state index contributed by atoms with van der Waals surface area (Å²) in [6.07, 6.45) is 13.8. The van der Waals surface area contributed by atoms with Crippen molar-refractivity contribution < 1.29 is 5.11 Å². The Kier molecular flexibility index (Phi) is 5.29. The van der Waals surface area contributed by atoms with Crippen LogP contribution in [0.15, 0.2) is 60.6 Å². The third-order valence-electron chi connectivity index (χ3n) is 5.49. The SMILES string of the molecule is C=C(O)C1=CN2C(=CC1=C)c1cc(/C=C/CC)c(/C=C\C)n1CC2C(C)(C)C. The van der Waals surface area contributed by atoms with Gasteiger partial charge in [0.25, 0.3) is 0 Å². The lowest BCUT2D eigenvalue weighted by atomic mass is 9.83. The Morgan fingerprint density at radius 2 is 2.04 bits per heavy atom. The second-order valence-electron chi connectivity index (χ2n) is 8.62. The van der Waals surface area contributed by atoms with Gasteiger partial charge in [0.2, 0.25) is 0 Å². The highest BCUT2D eigenvalue weighted by Crippen LogP contribution is 2.43. The lowest BCUT2D eigenvalue weighted by molar-refractivity contribution is 0.161. The van der Waals surface area contributed by atoms with Gasteiger partial charge in [0, 0.05) is 24.0 Å². The van der Waals surface area contributed by atoms with Gasteiger partial charge < -0.3 is 14.6 Å². The maximum absolute atomic E-state index is 10.0. The molecule has 2 aliphatic rings. The summed E-state index contributed by atoms with van der Waals surface area (Å²) in [7, 11) is 0. The van der Waals surface area contributed by atoms with Crippen molar-refractivity contribution in [1.29, 1.82) is 0 Å². The van der Waals surface area contributed by atoms with E-state index in [1.165, 1.54) is 17.0 Å². The van der Waals surface area contributed by atoms with E-state index in [1.54, 1.807) is 0 Å². The molecule has 0 spiro atoms. The largest absolute Gasteiger partial charge is 0.508 e. The normalized spacial score (nSPS) is 19.7. The second kappa shape index (κ2) is 7.38. The zero-order chi connectivity index (χ0) is 20.6. The molecule has 3 heteroatoms. The highest BCUT2D eigenvalue weighted by Gasteiger charge is 2.39. The van der Waals surface area contributed by atoms with Crippen molar-refractivity contribution in [3.8, 4) is 0 Å². The zero-order valence-electron chi connectivity index (χ0n) is 17.8. The van der Waals surface area contributed by atoms with Crippen LogP contribution in [0, 0.1) is 5.41 Å². The number of hydrogen-bond donors (Lipinski definition) is 1. The molecule has 0 fully saturated rings. The van der Waals surface area contributed by atoms with Gasteiger partial charge in [0.15, 0.2) is 0 Å². The number of fused-ring (bicyclic) bond motifs is 3. The Balaban J connectivity index is 2.24. The first-order valence-corrected chi connectivity index (χ1v) is 10.0. The molecule has 1 unspecified atom stereocenters. The summed E-state index contributed by atoms with van der Waals surface area (Å²) in [4.78, 5) is 2.30. The van der Waals surface area contributed by atoms with Gasteiger partial charge in [0.05, 0.1) is 17.4 Å². The monoisotopic (exact) mass is 376 g/mol. The molecule has 2 aliphatic heterocycles. The molecule has 3 heterocycles. The lowest BCUT2D eigenvalue weighted by Crippen LogP contribution is -2.47. The first-order valence-electron chi connectivity index (χ1n) is 10.0. The smallest absolute Gasteiger partial charge is 0.117 e. The summed E-state index contributed by atoms with van der Waals surface area (Å²) in [5, 5.41) is 10.0. The molecule has 0 aliphatic carbocycles. The van der Waals surface area contributed by atoms with Crippen molar-refractivity contribution in [3.63, 3.8) is 0 Å². The number of allylic oxidation sites excluding steroid dienone is 4. The highest BCUT2D eigenvalue weighted by molar-refractivity contribution is 5.77. The minimum atomic E-state index is 0.0464. The first-order chi connectivity index (χ1) is 13.2. The van der Waals surface area contributed by atoms with Gasteiger partial charge in [-0.05, 0) is 48.1 Å².